The number of nitrogens with zero attached hydrogens (tertiary/aromatic N) is 5. The van der Waals surface area contributed by atoms with Crippen molar-refractivity contribution in [2.75, 3.05) is 43.5 Å². The third-order valence-corrected chi connectivity index (χ3v) is 12.1. The maximum Gasteiger partial charge on any atom is 0.328 e. The van der Waals surface area contributed by atoms with Crippen LogP contribution in [-0.2, 0) is 31.6 Å². The van der Waals surface area contributed by atoms with Crippen LogP contribution in [0.2, 0.25) is 0 Å². The highest BCUT2D eigenvalue weighted by molar-refractivity contribution is 7.89. The van der Waals surface area contributed by atoms with Crippen molar-refractivity contribution in [3.05, 3.63) is 71.8 Å². The Kier molecular flexibility index (Phi) is 10.2. The summed E-state index contributed by atoms with van der Waals surface area (Å²) < 4.78 is 35.6. The molecule has 270 valence electrons. The number of nitrogens with one attached hydrogen (secondary N) is 1. The Labute approximate surface area is 302 Å². The molecular weight excluding hydrogens is 689 g/mol. The van der Waals surface area contributed by atoms with Crippen molar-refractivity contribution in [3.63, 3.8) is 0 Å². The number of fused-ring (bicyclic) bond motifs is 3. The number of carbonyl (C=O) groups is 3. The molecule has 0 bridgehead atoms. The predicted octanol–water partition coefficient (Wildman–Crippen LogP) is 6.22. The molecule has 1 atom stereocenters. The van der Waals surface area contributed by atoms with Gasteiger partial charge in [-0.25, -0.2) is 23.2 Å². The zero-order valence-electron chi connectivity index (χ0n) is 29.6. The number of carbonyl (C=O) groups excluding carboxylic acids is 3. The van der Waals surface area contributed by atoms with E-state index in [1.807, 2.05) is 51.1 Å². The number of aromatic nitrogens is 2. The standard InChI is InChI=1S/C37H44N6O6S2/c1-25(44)41-19-17-37(23-41)24-43(35(46)40-34-38-30-14-16-32(49-5)39-33(30)50-34)31-15-13-28(20-29(31)37)51(47,48)42(22-26-10-7-6-8-11-26)18-9-12-27(45)21-36(2,3)4/h6-8,10-11,13-16,20H,9,12,17-19,21-24H2,1-5H3,(H,38,40,46). The molecule has 4 heterocycles. The van der Waals surface area contributed by atoms with Crippen LogP contribution in [0.25, 0.3) is 10.3 Å². The molecule has 2 aliphatic heterocycles. The number of hydrogen-bond donors (Lipinski definition) is 1. The van der Waals surface area contributed by atoms with Gasteiger partial charge in [-0.2, -0.15) is 4.31 Å². The Balaban J connectivity index is 1.31. The Bertz CT molecular complexity index is 2060. The maximum atomic E-state index is 14.5. The van der Waals surface area contributed by atoms with Crippen molar-refractivity contribution in [3.8, 4) is 5.88 Å². The second-order valence-electron chi connectivity index (χ2n) is 14.6. The fourth-order valence-electron chi connectivity index (χ4n) is 6.96. The van der Waals surface area contributed by atoms with Gasteiger partial charge in [-0.3, -0.25) is 19.8 Å². The molecular formula is C37H44N6O6S2. The van der Waals surface area contributed by atoms with Gasteiger partial charge in [-0.15, -0.1) is 0 Å². The summed E-state index contributed by atoms with van der Waals surface area (Å²) in [5.41, 5.74) is 1.94. The van der Waals surface area contributed by atoms with E-state index in [4.69, 9.17) is 4.74 Å². The lowest BCUT2D eigenvalue weighted by molar-refractivity contribution is -0.128. The normalized spacial score (nSPS) is 17.4. The van der Waals surface area contributed by atoms with Crippen LogP contribution in [0.1, 0.15) is 64.5 Å². The highest BCUT2D eigenvalue weighted by Gasteiger charge is 2.50. The SMILES string of the molecule is COc1ccc2nc(NC(=O)N3CC4(CCN(C(C)=O)C4)c4cc(S(=O)(=O)N(CCCC(=O)CC(C)(C)C)Cc5ccccc5)ccc43)sc2n1. The number of pyridine rings is 1. The van der Waals surface area contributed by atoms with E-state index in [1.165, 1.54) is 29.7 Å². The van der Waals surface area contributed by atoms with Gasteiger partial charge in [0, 0.05) is 69.7 Å². The van der Waals surface area contributed by atoms with Gasteiger partial charge in [-0.1, -0.05) is 62.4 Å². The molecule has 12 nitrogen and oxygen atoms in total. The minimum Gasteiger partial charge on any atom is -0.481 e. The van der Waals surface area contributed by atoms with E-state index in [-0.39, 0.29) is 48.1 Å². The summed E-state index contributed by atoms with van der Waals surface area (Å²) in [7, 11) is -2.51. The molecule has 1 spiro atoms. The van der Waals surface area contributed by atoms with E-state index < -0.39 is 21.5 Å². The van der Waals surface area contributed by atoms with E-state index in [9.17, 15) is 22.8 Å². The quantitative estimate of drug-likeness (QED) is 0.192. The lowest BCUT2D eigenvalue weighted by Gasteiger charge is -2.26. The minimum atomic E-state index is -4.04. The molecule has 0 saturated carbocycles. The van der Waals surface area contributed by atoms with Gasteiger partial charge in [-0.05, 0) is 53.6 Å². The number of Topliss-reactive ketones (excluding diaryl/α,β-unsaturated/α-hetero) is 1. The summed E-state index contributed by atoms with van der Waals surface area (Å²) in [5, 5.41) is 3.28. The van der Waals surface area contributed by atoms with Gasteiger partial charge in [0.15, 0.2) is 5.13 Å². The van der Waals surface area contributed by atoms with Crippen LogP contribution in [0.3, 0.4) is 0 Å². The molecule has 2 aromatic heterocycles. The van der Waals surface area contributed by atoms with E-state index in [0.717, 1.165) is 5.56 Å². The molecule has 1 unspecified atom stereocenters. The molecule has 1 saturated heterocycles. The summed E-state index contributed by atoms with van der Waals surface area (Å²) in [6.07, 6.45) is 1.68. The number of rotatable bonds is 11. The molecule has 0 radical (unpaired) electrons. The summed E-state index contributed by atoms with van der Waals surface area (Å²) >= 11 is 1.22. The Morgan fingerprint density at radius 3 is 2.49 bits per heavy atom. The second kappa shape index (κ2) is 14.3. The topological polar surface area (TPSA) is 142 Å². The minimum absolute atomic E-state index is 0.0763. The number of urea groups is 1. The first-order valence-electron chi connectivity index (χ1n) is 17.0. The number of sulfonamides is 1. The number of thiazole rings is 1. The third kappa shape index (κ3) is 7.92. The molecule has 2 aliphatic rings. The average Bonchev–Trinajstić information content (AvgIpc) is 3.79. The van der Waals surface area contributed by atoms with Crippen molar-refractivity contribution < 1.29 is 27.5 Å². The second-order valence-corrected chi connectivity index (χ2v) is 17.5. The van der Waals surface area contributed by atoms with Crippen molar-refractivity contribution in [1.82, 2.24) is 19.2 Å². The van der Waals surface area contributed by atoms with Crippen molar-refractivity contribution >= 4 is 60.2 Å². The van der Waals surface area contributed by atoms with E-state index >= 15 is 0 Å². The molecule has 51 heavy (non-hydrogen) atoms. The highest BCUT2D eigenvalue weighted by Crippen LogP contribution is 2.48. The van der Waals surface area contributed by atoms with Gasteiger partial charge < -0.3 is 9.64 Å². The van der Waals surface area contributed by atoms with Crippen LogP contribution in [-0.4, -0.2) is 78.6 Å². The van der Waals surface area contributed by atoms with Gasteiger partial charge in [0.1, 0.15) is 16.1 Å². The van der Waals surface area contributed by atoms with Crippen molar-refractivity contribution in [2.24, 2.45) is 5.41 Å². The Morgan fingerprint density at radius 1 is 1.04 bits per heavy atom. The highest BCUT2D eigenvalue weighted by atomic mass is 32.2. The number of hydrogen-bond acceptors (Lipinski definition) is 9. The number of anilines is 2. The first-order valence-corrected chi connectivity index (χ1v) is 19.3. The third-order valence-electron chi connectivity index (χ3n) is 9.42. The zero-order chi connectivity index (χ0) is 36.6. The molecule has 1 fully saturated rings. The molecule has 1 N–H and O–H groups in total. The van der Waals surface area contributed by atoms with Gasteiger partial charge in [0.25, 0.3) is 0 Å². The lowest BCUT2D eigenvalue weighted by atomic mass is 9.81. The molecule has 3 amide bonds. The first kappa shape index (κ1) is 36.4. The predicted molar refractivity (Wildman–Crippen MR) is 198 cm³/mol. The van der Waals surface area contributed by atoms with Gasteiger partial charge in [0.2, 0.25) is 21.8 Å². The van der Waals surface area contributed by atoms with E-state index in [2.05, 4.69) is 15.3 Å². The maximum absolute atomic E-state index is 14.5. The van der Waals surface area contributed by atoms with Crippen LogP contribution >= 0.6 is 11.3 Å². The largest absolute Gasteiger partial charge is 0.481 e. The number of benzene rings is 2. The summed E-state index contributed by atoms with van der Waals surface area (Å²) in [6.45, 7) is 8.99. The number of amides is 3. The molecule has 14 heteroatoms. The van der Waals surface area contributed by atoms with Crippen LogP contribution in [0.15, 0.2) is 65.6 Å². The van der Waals surface area contributed by atoms with Crippen LogP contribution in [0.5, 0.6) is 5.88 Å². The van der Waals surface area contributed by atoms with Crippen molar-refractivity contribution in [2.45, 2.75) is 70.2 Å². The number of methoxy groups -OCH3 is 1. The van der Waals surface area contributed by atoms with Gasteiger partial charge in [0.05, 0.1) is 12.0 Å². The fraction of sp³-hybridized carbons (Fsp3) is 0.432. The first-order chi connectivity index (χ1) is 24.2. The molecule has 4 aromatic rings. The Morgan fingerprint density at radius 2 is 1.80 bits per heavy atom. The van der Waals surface area contributed by atoms with Crippen LogP contribution in [0, 0.1) is 5.41 Å². The average molecular weight is 733 g/mol. The molecule has 2 aromatic carbocycles. The van der Waals surface area contributed by atoms with Crippen molar-refractivity contribution in [1.29, 1.82) is 0 Å². The smallest absolute Gasteiger partial charge is 0.328 e. The summed E-state index contributed by atoms with van der Waals surface area (Å²) in [4.78, 5) is 52.1. The number of ether oxygens (including phenoxy) is 1. The number of likely N-dealkylation sites (tertiary alicyclic amines) is 1. The number of ketones is 1. The summed E-state index contributed by atoms with van der Waals surface area (Å²) in [5.74, 6) is 0.473. The molecule has 0 aliphatic carbocycles. The van der Waals surface area contributed by atoms with Crippen LogP contribution < -0.4 is 15.0 Å². The van der Waals surface area contributed by atoms with E-state index in [1.54, 1.807) is 40.1 Å². The van der Waals surface area contributed by atoms with Crippen LogP contribution in [0.4, 0.5) is 15.6 Å². The zero-order valence-corrected chi connectivity index (χ0v) is 31.3. The lowest BCUT2D eigenvalue weighted by Crippen LogP contribution is -2.41. The fourth-order valence-corrected chi connectivity index (χ4v) is 9.27. The monoisotopic (exact) mass is 732 g/mol. The van der Waals surface area contributed by atoms with Gasteiger partial charge >= 0.3 is 6.03 Å². The van der Waals surface area contributed by atoms with E-state index in [0.29, 0.717) is 65.0 Å². The summed E-state index contributed by atoms with van der Waals surface area (Å²) in [6, 6.07) is 17.4. The molecule has 6 rings (SSSR count). The Hall–Kier alpha value is -4.40.